The Morgan fingerprint density at radius 1 is 1.08 bits per heavy atom. The van der Waals surface area contributed by atoms with Crippen LogP contribution in [-0.2, 0) is 6.54 Å². The lowest BCUT2D eigenvalue weighted by molar-refractivity contribution is 0.820. The van der Waals surface area contributed by atoms with Gasteiger partial charge in [0.25, 0.3) is 0 Å². The summed E-state index contributed by atoms with van der Waals surface area (Å²) in [4.78, 5) is 11.0. The third kappa shape index (κ3) is 6.03. The van der Waals surface area contributed by atoms with Crippen LogP contribution < -0.4 is 10.6 Å². The van der Waals surface area contributed by atoms with Gasteiger partial charge in [-0.25, -0.2) is 4.98 Å². The molecular weight excluding hydrogens is 320 g/mol. The van der Waals surface area contributed by atoms with Crippen LogP contribution in [0, 0.1) is 13.8 Å². The van der Waals surface area contributed by atoms with E-state index in [1.165, 1.54) is 11.1 Å². The molecule has 0 saturated heterocycles. The van der Waals surface area contributed by atoms with E-state index >= 15 is 0 Å². The van der Waals surface area contributed by atoms with E-state index in [4.69, 9.17) is 5.73 Å². The molecule has 1 heterocycles. The molecule has 2 N–H and O–H groups in total. The quantitative estimate of drug-likeness (QED) is 0.723. The number of aryl methyl sites for hydroxylation is 1. The molecule has 0 aliphatic heterocycles. The minimum absolute atomic E-state index is 0.319. The predicted molar refractivity (Wildman–Crippen MR) is 113 cm³/mol. The van der Waals surface area contributed by atoms with E-state index < -0.39 is 0 Å². The highest BCUT2D eigenvalue weighted by molar-refractivity contribution is 5.53. The molecule has 0 atom stereocenters. The number of nitrogens with two attached hydrogens (primary N) is 1. The fourth-order valence-electron chi connectivity index (χ4n) is 2.63. The Balaban J connectivity index is 0.00000163. The molecule has 0 fully saturated rings. The number of allylic oxidation sites excluding steroid dienone is 2. The van der Waals surface area contributed by atoms with E-state index in [0.29, 0.717) is 5.95 Å². The molecule has 0 aliphatic carbocycles. The van der Waals surface area contributed by atoms with Crippen molar-refractivity contribution in [2.24, 2.45) is 0 Å². The van der Waals surface area contributed by atoms with Gasteiger partial charge in [0, 0.05) is 24.3 Å². The first kappa shape index (κ1) is 21.4. The Bertz CT molecular complexity index is 733. The Morgan fingerprint density at radius 2 is 1.73 bits per heavy atom. The monoisotopic (exact) mass is 352 g/mol. The summed E-state index contributed by atoms with van der Waals surface area (Å²) in [7, 11) is 0. The van der Waals surface area contributed by atoms with E-state index in [2.05, 4.69) is 64.3 Å². The van der Waals surface area contributed by atoms with Crippen LogP contribution in [0.25, 0.3) is 0 Å². The summed E-state index contributed by atoms with van der Waals surface area (Å²) in [5, 5.41) is 0. The van der Waals surface area contributed by atoms with Gasteiger partial charge in [0.1, 0.15) is 5.82 Å². The second kappa shape index (κ2) is 11.1. The molecule has 4 nitrogen and oxygen atoms in total. The van der Waals surface area contributed by atoms with Crippen molar-refractivity contribution in [1.29, 1.82) is 0 Å². The van der Waals surface area contributed by atoms with E-state index in [9.17, 15) is 0 Å². The lowest BCUT2D eigenvalue weighted by Gasteiger charge is -2.26. The normalized spacial score (nSPS) is 11.2. The number of benzene rings is 1. The van der Waals surface area contributed by atoms with Gasteiger partial charge in [-0.3, -0.25) is 0 Å². The number of nitrogen functional groups attached to an aromatic ring is 1. The first-order valence-electron chi connectivity index (χ1n) is 9.22. The summed E-state index contributed by atoms with van der Waals surface area (Å²) in [6.07, 6.45) is 6.32. The van der Waals surface area contributed by atoms with Crippen LogP contribution in [0.4, 0.5) is 11.8 Å². The zero-order valence-corrected chi connectivity index (χ0v) is 17.0. The van der Waals surface area contributed by atoms with Crippen molar-refractivity contribution in [2.75, 3.05) is 17.2 Å². The van der Waals surface area contributed by atoms with E-state index in [1.54, 1.807) is 0 Å². The number of hydrogen-bond acceptors (Lipinski definition) is 4. The summed E-state index contributed by atoms with van der Waals surface area (Å²) in [6, 6.07) is 10.4. The maximum Gasteiger partial charge on any atom is 0.222 e. The lowest BCUT2D eigenvalue weighted by atomic mass is 10.1. The zero-order chi connectivity index (χ0) is 19.5. The first-order valence-corrected chi connectivity index (χ1v) is 9.22. The highest BCUT2D eigenvalue weighted by atomic mass is 15.2. The molecule has 2 aromatic rings. The maximum atomic E-state index is 5.90. The molecule has 0 unspecified atom stereocenters. The largest absolute Gasteiger partial charge is 0.368 e. The summed E-state index contributed by atoms with van der Waals surface area (Å²) >= 11 is 0. The van der Waals surface area contributed by atoms with Gasteiger partial charge >= 0.3 is 0 Å². The van der Waals surface area contributed by atoms with Gasteiger partial charge < -0.3 is 10.6 Å². The van der Waals surface area contributed by atoms with E-state index in [1.807, 2.05) is 40.7 Å². The van der Waals surface area contributed by atoms with Crippen LogP contribution in [-0.4, -0.2) is 16.5 Å². The zero-order valence-electron chi connectivity index (χ0n) is 17.0. The van der Waals surface area contributed by atoms with Crippen molar-refractivity contribution in [3.8, 4) is 0 Å². The molecule has 0 amide bonds. The van der Waals surface area contributed by atoms with E-state index in [-0.39, 0.29) is 0 Å². The van der Waals surface area contributed by atoms with Crippen molar-refractivity contribution >= 4 is 11.8 Å². The molecule has 0 saturated carbocycles. The highest BCUT2D eigenvalue weighted by Crippen LogP contribution is 2.23. The summed E-state index contributed by atoms with van der Waals surface area (Å²) in [6.45, 7) is 13.7. The van der Waals surface area contributed by atoms with E-state index in [0.717, 1.165) is 30.2 Å². The molecule has 0 spiro atoms. The van der Waals surface area contributed by atoms with Crippen molar-refractivity contribution in [1.82, 2.24) is 9.97 Å². The predicted octanol–water partition coefficient (Wildman–Crippen LogP) is 5.23. The first-order chi connectivity index (χ1) is 12.5. The van der Waals surface area contributed by atoms with Crippen molar-refractivity contribution in [2.45, 2.75) is 48.1 Å². The number of nitrogens with zero attached hydrogens (tertiary/aromatic N) is 3. The van der Waals surface area contributed by atoms with Crippen LogP contribution >= 0.6 is 0 Å². The van der Waals surface area contributed by atoms with Crippen LogP contribution in [0.1, 0.15) is 44.5 Å². The fraction of sp³-hybridized carbons (Fsp3) is 0.364. The Hall–Kier alpha value is -2.62. The average Bonchev–Trinajstić information content (AvgIpc) is 2.66. The van der Waals surface area contributed by atoms with Gasteiger partial charge in [0.2, 0.25) is 5.95 Å². The minimum atomic E-state index is 0.319. The second-order valence-electron chi connectivity index (χ2n) is 5.82. The fourth-order valence-corrected chi connectivity index (χ4v) is 2.63. The number of hydrogen-bond donors (Lipinski definition) is 1. The molecule has 4 heteroatoms. The number of aromatic nitrogens is 2. The van der Waals surface area contributed by atoms with Crippen LogP contribution in [0.3, 0.4) is 0 Å². The van der Waals surface area contributed by atoms with Gasteiger partial charge in [0.15, 0.2) is 0 Å². The van der Waals surface area contributed by atoms with Gasteiger partial charge in [-0.2, -0.15) is 4.98 Å². The summed E-state index contributed by atoms with van der Waals surface area (Å²) < 4.78 is 0. The molecule has 0 radical (unpaired) electrons. The SMILES string of the molecule is C/C=C\C(=C/C)CN(Cc1ccccc1)c1nc(N)nc(C)c1C.CC. The standard InChI is InChI=1S/C20H26N4.C2H6/c1-5-10-17(6-2)13-24(14-18-11-8-7-9-12-18)19-15(3)16(4)22-20(21)23-19;1-2/h5-12H,13-14H2,1-4H3,(H2,21,22,23);1-2H3/b10-5-,17-6+;. The average molecular weight is 353 g/mol. The Kier molecular flexibility index (Phi) is 9.13. The molecular formula is C22H32N4. The third-order valence-electron chi connectivity index (χ3n) is 4.02. The Labute approximate surface area is 158 Å². The number of anilines is 2. The topological polar surface area (TPSA) is 55.0 Å². The molecule has 140 valence electrons. The maximum absolute atomic E-state index is 5.90. The lowest BCUT2D eigenvalue weighted by Crippen LogP contribution is -2.27. The third-order valence-corrected chi connectivity index (χ3v) is 4.02. The van der Waals surface area contributed by atoms with Crippen molar-refractivity contribution in [3.05, 3.63) is 71.0 Å². The van der Waals surface area contributed by atoms with Gasteiger partial charge in [-0.1, -0.05) is 62.4 Å². The van der Waals surface area contributed by atoms with Crippen molar-refractivity contribution < 1.29 is 0 Å². The molecule has 0 aliphatic rings. The van der Waals surface area contributed by atoms with Gasteiger partial charge in [-0.05, 0) is 38.8 Å². The van der Waals surface area contributed by atoms with Gasteiger partial charge in [-0.15, -0.1) is 0 Å². The molecule has 1 aromatic carbocycles. The van der Waals surface area contributed by atoms with Crippen LogP contribution in [0.5, 0.6) is 0 Å². The van der Waals surface area contributed by atoms with Crippen LogP contribution in [0.15, 0.2) is 54.1 Å². The molecule has 26 heavy (non-hydrogen) atoms. The summed E-state index contributed by atoms with van der Waals surface area (Å²) in [5.41, 5.74) is 10.4. The smallest absolute Gasteiger partial charge is 0.222 e. The molecule has 2 rings (SSSR count). The highest BCUT2D eigenvalue weighted by Gasteiger charge is 2.15. The summed E-state index contributed by atoms with van der Waals surface area (Å²) in [5.74, 6) is 1.21. The minimum Gasteiger partial charge on any atom is -0.368 e. The molecule has 1 aromatic heterocycles. The Morgan fingerprint density at radius 3 is 2.31 bits per heavy atom. The molecule has 0 bridgehead atoms. The second-order valence-corrected chi connectivity index (χ2v) is 5.82. The number of rotatable bonds is 6. The van der Waals surface area contributed by atoms with Gasteiger partial charge in [0.05, 0.1) is 0 Å². The van der Waals surface area contributed by atoms with Crippen LogP contribution in [0.2, 0.25) is 0 Å². The van der Waals surface area contributed by atoms with Crippen molar-refractivity contribution in [3.63, 3.8) is 0 Å².